The van der Waals surface area contributed by atoms with E-state index in [1.54, 1.807) is 7.11 Å². The molecule has 0 bridgehead atoms. The van der Waals surface area contributed by atoms with Gasteiger partial charge in [-0.15, -0.1) is 0 Å². The monoisotopic (exact) mass is 253 g/mol. The lowest BCUT2D eigenvalue weighted by Crippen LogP contribution is -1.99. The smallest absolute Gasteiger partial charge is 0.234 e. The lowest BCUT2D eigenvalue weighted by atomic mass is 10.00. The molecule has 1 rings (SSSR count). The van der Waals surface area contributed by atoms with E-state index in [0.29, 0.717) is 6.54 Å². The van der Waals surface area contributed by atoms with Gasteiger partial charge in [-0.1, -0.05) is 11.6 Å². The first-order chi connectivity index (χ1) is 8.11. The summed E-state index contributed by atoms with van der Waals surface area (Å²) in [6, 6.07) is 1.94. The molecule has 0 saturated carbocycles. The van der Waals surface area contributed by atoms with E-state index in [-0.39, 0.29) is 0 Å². The van der Waals surface area contributed by atoms with Crippen molar-refractivity contribution in [1.82, 2.24) is 0 Å². The van der Waals surface area contributed by atoms with Gasteiger partial charge in [0.2, 0.25) is 6.08 Å². The highest BCUT2D eigenvalue weighted by Crippen LogP contribution is 2.32. The second kappa shape index (κ2) is 6.43. The molecule has 0 aliphatic heterocycles. The molecule has 0 fully saturated rings. The highest BCUT2D eigenvalue weighted by atomic mass is 35.5. The molecule has 0 atom stereocenters. The van der Waals surface area contributed by atoms with Gasteiger partial charge in [-0.3, -0.25) is 0 Å². The van der Waals surface area contributed by atoms with Gasteiger partial charge in [-0.2, -0.15) is 0 Å². The molecule has 0 aromatic heterocycles. The van der Waals surface area contributed by atoms with Crippen molar-refractivity contribution >= 4 is 17.7 Å². The van der Waals surface area contributed by atoms with Gasteiger partial charge in [0.05, 0.1) is 13.7 Å². The Balaban J connectivity index is 2.96. The van der Waals surface area contributed by atoms with Crippen LogP contribution in [0.2, 0.25) is 5.02 Å². The Hall–Kier alpha value is -1.31. The van der Waals surface area contributed by atoms with E-state index >= 15 is 0 Å². The highest BCUT2D eigenvalue weighted by molar-refractivity contribution is 6.32. The molecule has 4 heteroatoms. The molecular weight excluding hydrogens is 238 g/mol. The number of methoxy groups -OCH3 is 1. The molecule has 0 aliphatic rings. The van der Waals surface area contributed by atoms with Crippen LogP contribution in [-0.4, -0.2) is 19.7 Å². The summed E-state index contributed by atoms with van der Waals surface area (Å²) >= 11 is 6.21. The van der Waals surface area contributed by atoms with Crippen LogP contribution in [0.5, 0.6) is 5.75 Å². The first-order valence-corrected chi connectivity index (χ1v) is 5.85. The summed E-state index contributed by atoms with van der Waals surface area (Å²) in [6.45, 7) is 4.42. The molecule has 1 aromatic rings. The number of nitrogens with zero attached hydrogens (tertiary/aromatic N) is 1. The molecule has 1 aromatic carbocycles. The molecule has 0 spiro atoms. The van der Waals surface area contributed by atoms with Gasteiger partial charge in [0, 0.05) is 5.02 Å². The molecule has 3 nitrogen and oxygen atoms in total. The summed E-state index contributed by atoms with van der Waals surface area (Å²) in [4.78, 5) is 13.5. The van der Waals surface area contributed by atoms with Gasteiger partial charge >= 0.3 is 0 Å². The van der Waals surface area contributed by atoms with Gasteiger partial charge in [-0.05, 0) is 49.4 Å². The SMILES string of the molecule is COc1cc(C)c(Cl)c(C)c1CCCN=C=O. The van der Waals surface area contributed by atoms with Gasteiger partial charge in [0.25, 0.3) is 0 Å². The van der Waals surface area contributed by atoms with Crippen molar-refractivity contribution < 1.29 is 9.53 Å². The molecule has 0 radical (unpaired) electrons. The van der Waals surface area contributed by atoms with E-state index in [4.69, 9.17) is 16.3 Å². The summed E-state index contributed by atoms with van der Waals surface area (Å²) < 4.78 is 5.35. The zero-order valence-corrected chi connectivity index (χ0v) is 11.1. The van der Waals surface area contributed by atoms with Gasteiger partial charge in [0.15, 0.2) is 0 Å². The van der Waals surface area contributed by atoms with Crippen LogP contribution in [0.15, 0.2) is 11.1 Å². The van der Waals surface area contributed by atoms with Gasteiger partial charge in [-0.25, -0.2) is 9.79 Å². The quantitative estimate of drug-likeness (QED) is 0.459. The minimum atomic E-state index is 0.484. The summed E-state index contributed by atoms with van der Waals surface area (Å²) in [5.74, 6) is 0.847. The second-order valence-corrected chi connectivity index (χ2v) is 4.27. The third-order valence-electron chi connectivity index (χ3n) is 2.75. The number of carbonyl (C=O) groups excluding carboxylic acids is 1. The topological polar surface area (TPSA) is 38.7 Å². The van der Waals surface area contributed by atoms with E-state index < -0.39 is 0 Å². The fourth-order valence-corrected chi connectivity index (χ4v) is 2.00. The Labute approximate surface area is 106 Å². The van der Waals surface area contributed by atoms with Crippen molar-refractivity contribution in [2.75, 3.05) is 13.7 Å². The lowest BCUT2D eigenvalue weighted by Gasteiger charge is -2.14. The summed E-state index contributed by atoms with van der Waals surface area (Å²) in [6.07, 6.45) is 3.11. The number of ether oxygens (including phenoxy) is 1. The largest absolute Gasteiger partial charge is 0.496 e. The Morgan fingerprint density at radius 1 is 1.47 bits per heavy atom. The highest BCUT2D eigenvalue weighted by Gasteiger charge is 2.12. The van der Waals surface area contributed by atoms with Crippen molar-refractivity contribution in [1.29, 1.82) is 0 Å². The molecular formula is C13H16ClNO2. The van der Waals surface area contributed by atoms with Crippen LogP contribution in [0.4, 0.5) is 0 Å². The average Bonchev–Trinajstić information content (AvgIpc) is 2.33. The first-order valence-electron chi connectivity index (χ1n) is 5.48. The molecule has 0 saturated heterocycles. The number of benzene rings is 1. The van der Waals surface area contributed by atoms with E-state index in [2.05, 4.69) is 4.99 Å². The second-order valence-electron chi connectivity index (χ2n) is 3.89. The Bertz CT molecular complexity index is 451. The normalized spacial score (nSPS) is 9.88. The van der Waals surface area contributed by atoms with E-state index in [0.717, 1.165) is 40.3 Å². The van der Waals surface area contributed by atoms with Crippen molar-refractivity contribution in [3.63, 3.8) is 0 Å². The van der Waals surface area contributed by atoms with Crippen LogP contribution in [0.3, 0.4) is 0 Å². The number of rotatable bonds is 5. The van der Waals surface area contributed by atoms with Crippen LogP contribution in [0.25, 0.3) is 0 Å². The van der Waals surface area contributed by atoms with Crippen molar-refractivity contribution in [3.05, 3.63) is 27.8 Å². The fraction of sp³-hybridized carbons (Fsp3) is 0.462. The predicted octanol–water partition coefficient (Wildman–Crippen LogP) is 3.23. The van der Waals surface area contributed by atoms with Crippen LogP contribution in [0, 0.1) is 13.8 Å². The standard InChI is InChI=1S/C13H16ClNO2/c1-9-7-12(17-3)11(10(2)13(9)14)5-4-6-15-8-16/h7H,4-6H2,1-3H3. The van der Waals surface area contributed by atoms with E-state index in [1.165, 1.54) is 6.08 Å². The number of aryl methyl sites for hydroxylation is 1. The van der Waals surface area contributed by atoms with E-state index in [9.17, 15) is 4.79 Å². The zero-order valence-electron chi connectivity index (χ0n) is 10.3. The molecule has 0 aliphatic carbocycles. The van der Waals surface area contributed by atoms with Gasteiger partial charge < -0.3 is 4.74 Å². The van der Waals surface area contributed by atoms with Crippen LogP contribution in [-0.2, 0) is 11.2 Å². The molecule has 0 unspecified atom stereocenters. The van der Waals surface area contributed by atoms with Crippen molar-refractivity contribution in [3.8, 4) is 5.75 Å². The number of aliphatic imine (C=N–C) groups is 1. The Morgan fingerprint density at radius 3 is 2.76 bits per heavy atom. The minimum absolute atomic E-state index is 0.484. The first kappa shape index (κ1) is 13.8. The third kappa shape index (κ3) is 3.32. The zero-order chi connectivity index (χ0) is 12.8. The lowest BCUT2D eigenvalue weighted by molar-refractivity contribution is 0.408. The molecule has 17 heavy (non-hydrogen) atoms. The maximum atomic E-state index is 9.97. The van der Waals surface area contributed by atoms with Gasteiger partial charge in [0.1, 0.15) is 5.75 Å². The maximum Gasteiger partial charge on any atom is 0.234 e. The van der Waals surface area contributed by atoms with Crippen molar-refractivity contribution in [2.24, 2.45) is 4.99 Å². The summed E-state index contributed by atoms with van der Waals surface area (Å²) in [5, 5.41) is 0.777. The number of hydrogen-bond donors (Lipinski definition) is 0. The predicted molar refractivity (Wildman–Crippen MR) is 68.8 cm³/mol. The summed E-state index contributed by atoms with van der Waals surface area (Å²) in [7, 11) is 1.65. The maximum absolute atomic E-state index is 9.97. The molecule has 92 valence electrons. The number of halogens is 1. The average molecular weight is 254 g/mol. The van der Waals surface area contributed by atoms with Crippen LogP contribution >= 0.6 is 11.6 Å². The third-order valence-corrected chi connectivity index (χ3v) is 3.34. The van der Waals surface area contributed by atoms with E-state index in [1.807, 2.05) is 19.9 Å². The van der Waals surface area contributed by atoms with Crippen molar-refractivity contribution in [2.45, 2.75) is 26.7 Å². The molecule has 0 N–H and O–H groups in total. The van der Waals surface area contributed by atoms with Crippen LogP contribution < -0.4 is 4.74 Å². The van der Waals surface area contributed by atoms with Crippen LogP contribution in [0.1, 0.15) is 23.1 Å². The number of isocyanates is 1. The Kier molecular flexibility index (Phi) is 5.20. The minimum Gasteiger partial charge on any atom is -0.496 e. The molecule has 0 heterocycles. The molecule has 0 amide bonds. The fourth-order valence-electron chi connectivity index (χ4n) is 1.83. The number of hydrogen-bond acceptors (Lipinski definition) is 3. The summed E-state index contributed by atoms with van der Waals surface area (Å²) in [5.41, 5.74) is 3.14. The Morgan fingerprint density at radius 2 is 2.18 bits per heavy atom.